The highest BCUT2D eigenvalue weighted by Gasteiger charge is 2.20. The van der Waals surface area contributed by atoms with Crippen molar-refractivity contribution in [3.8, 4) is 5.69 Å². The van der Waals surface area contributed by atoms with Gasteiger partial charge in [-0.15, -0.1) is 0 Å². The molecule has 0 fully saturated rings. The van der Waals surface area contributed by atoms with Crippen LogP contribution in [0.3, 0.4) is 0 Å². The minimum Gasteiger partial charge on any atom is -0.384 e. The lowest BCUT2D eigenvalue weighted by atomic mass is 10.1. The molecule has 3 heterocycles. The normalized spacial score (nSPS) is 11.9. The van der Waals surface area contributed by atoms with Gasteiger partial charge in [0.2, 0.25) is 5.69 Å². The molecule has 8 heteroatoms. The molecule has 34 heavy (non-hydrogen) atoms. The van der Waals surface area contributed by atoms with Crippen molar-refractivity contribution in [1.29, 1.82) is 0 Å². The summed E-state index contributed by atoms with van der Waals surface area (Å²) in [5.41, 5.74) is 2.59. The maximum atomic E-state index is 14.1. The van der Waals surface area contributed by atoms with Gasteiger partial charge in [0.1, 0.15) is 11.3 Å². The van der Waals surface area contributed by atoms with Crippen LogP contribution in [0.1, 0.15) is 18.7 Å². The molecule has 0 aliphatic carbocycles. The van der Waals surface area contributed by atoms with Gasteiger partial charge in [-0.1, -0.05) is 29.8 Å². The third-order valence-corrected chi connectivity index (χ3v) is 5.94. The third-order valence-electron chi connectivity index (χ3n) is 5.62. The van der Waals surface area contributed by atoms with Gasteiger partial charge < -0.3 is 5.32 Å². The van der Waals surface area contributed by atoms with E-state index in [0.29, 0.717) is 49.6 Å². The second-order valence-electron chi connectivity index (χ2n) is 7.76. The van der Waals surface area contributed by atoms with Crippen molar-refractivity contribution in [2.45, 2.75) is 13.0 Å². The number of aromatic nitrogens is 3. The minimum absolute atomic E-state index is 0.307. The van der Waals surface area contributed by atoms with E-state index in [1.165, 1.54) is 22.9 Å². The Balaban J connectivity index is 1.75. The zero-order valence-electron chi connectivity index (χ0n) is 18.0. The van der Waals surface area contributed by atoms with Crippen LogP contribution in [0, 0.1) is 12.4 Å². The minimum atomic E-state index is -0.465. The Morgan fingerprint density at radius 2 is 1.94 bits per heavy atom. The van der Waals surface area contributed by atoms with Gasteiger partial charge in [0, 0.05) is 18.1 Å². The Morgan fingerprint density at radius 1 is 1.12 bits per heavy atom. The maximum Gasteiger partial charge on any atom is 0.264 e. The predicted molar refractivity (Wildman–Crippen MR) is 132 cm³/mol. The highest BCUT2D eigenvalue weighted by Crippen LogP contribution is 2.34. The van der Waals surface area contributed by atoms with Crippen LogP contribution in [0.2, 0.25) is 5.02 Å². The zero-order valence-corrected chi connectivity index (χ0v) is 18.7. The van der Waals surface area contributed by atoms with E-state index in [2.05, 4.69) is 20.1 Å². The number of rotatable bonds is 4. The second kappa shape index (κ2) is 8.58. The lowest BCUT2D eigenvalue weighted by Crippen LogP contribution is -2.26. The molecule has 1 atom stereocenters. The topological polar surface area (TPSA) is 64.2 Å². The van der Waals surface area contributed by atoms with Crippen LogP contribution in [-0.2, 0) is 0 Å². The molecule has 3 aromatic heterocycles. The fraction of sp³-hybridized carbons (Fsp3) is 0.0769. The van der Waals surface area contributed by atoms with Crippen molar-refractivity contribution in [3.05, 3.63) is 111 Å². The summed E-state index contributed by atoms with van der Waals surface area (Å²) in [5.74, 6) is -0.463. The SMILES string of the molecule is [C-]#[N+]c1cnc2cccnc2c1N[C@@H](C)c1cc2cccc(Cl)c2c(=O)n1-c1cccc(F)c1. The second-order valence-corrected chi connectivity index (χ2v) is 8.17. The standard InChI is InChI=1S/C26H17ClFN5O/c1-15(32-25-21(29-2)14-31-20-10-5-11-30-24(20)25)22-12-16-6-3-9-19(27)23(16)26(34)33(22)18-8-4-7-17(28)13-18/h3-15H,1H3,(H,31,32)/t15-/m0/s1. The van der Waals surface area contributed by atoms with Gasteiger partial charge in [-0.2, -0.15) is 0 Å². The zero-order chi connectivity index (χ0) is 23.8. The lowest BCUT2D eigenvalue weighted by molar-refractivity contribution is 0.625. The first-order chi connectivity index (χ1) is 16.5. The monoisotopic (exact) mass is 469 g/mol. The van der Waals surface area contributed by atoms with Crippen molar-refractivity contribution < 1.29 is 4.39 Å². The average Bonchev–Trinajstić information content (AvgIpc) is 2.84. The summed E-state index contributed by atoms with van der Waals surface area (Å²) in [6.07, 6.45) is 3.13. The summed E-state index contributed by atoms with van der Waals surface area (Å²) < 4.78 is 15.6. The van der Waals surface area contributed by atoms with Gasteiger partial charge in [-0.25, -0.2) is 9.24 Å². The summed E-state index contributed by atoms with van der Waals surface area (Å²) in [6.45, 7) is 9.45. The molecule has 0 radical (unpaired) electrons. The number of hydrogen-bond acceptors (Lipinski definition) is 4. The first-order valence-electron chi connectivity index (χ1n) is 10.5. The highest BCUT2D eigenvalue weighted by atomic mass is 35.5. The first-order valence-corrected chi connectivity index (χ1v) is 10.8. The molecule has 166 valence electrons. The molecule has 1 N–H and O–H groups in total. The summed E-state index contributed by atoms with van der Waals surface area (Å²) in [6, 6.07) is 16.0. The number of anilines is 1. The van der Waals surface area contributed by atoms with Crippen LogP contribution in [0.25, 0.3) is 32.3 Å². The molecule has 6 nitrogen and oxygen atoms in total. The summed E-state index contributed by atoms with van der Waals surface area (Å²) in [4.78, 5) is 25.9. The quantitative estimate of drug-likeness (QED) is 0.307. The van der Waals surface area contributed by atoms with E-state index in [4.69, 9.17) is 18.2 Å². The van der Waals surface area contributed by atoms with Crippen molar-refractivity contribution in [2.75, 3.05) is 5.32 Å². The average molecular weight is 470 g/mol. The summed E-state index contributed by atoms with van der Waals surface area (Å²) in [7, 11) is 0. The summed E-state index contributed by atoms with van der Waals surface area (Å²) in [5, 5.41) is 4.68. The van der Waals surface area contributed by atoms with Crippen LogP contribution in [-0.4, -0.2) is 14.5 Å². The van der Waals surface area contributed by atoms with E-state index >= 15 is 0 Å². The Kier molecular flexibility index (Phi) is 5.44. The van der Waals surface area contributed by atoms with Gasteiger partial charge in [-0.3, -0.25) is 19.3 Å². The number of pyridine rings is 3. The van der Waals surface area contributed by atoms with E-state index in [0.717, 1.165) is 0 Å². The van der Waals surface area contributed by atoms with Gasteiger partial charge >= 0.3 is 0 Å². The van der Waals surface area contributed by atoms with Gasteiger partial charge in [0.05, 0.1) is 39.9 Å². The van der Waals surface area contributed by atoms with Crippen molar-refractivity contribution in [3.63, 3.8) is 0 Å². The predicted octanol–water partition coefficient (Wildman–Crippen LogP) is 6.45. The number of halogens is 2. The van der Waals surface area contributed by atoms with Gasteiger partial charge in [0.25, 0.3) is 5.56 Å². The Hall–Kier alpha value is -4.28. The largest absolute Gasteiger partial charge is 0.384 e. The van der Waals surface area contributed by atoms with E-state index in [1.54, 1.807) is 36.5 Å². The molecule has 0 unspecified atom stereocenters. The molecule has 0 aliphatic heterocycles. The van der Waals surface area contributed by atoms with Crippen molar-refractivity contribution in [2.24, 2.45) is 0 Å². The molecule has 5 aromatic rings. The Labute approximate surface area is 199 Å². The fourth-order valence-electron chi connectivity index (χ4n) is 4.07. The highest BCUT2D eigenvalue weighted by molar-refractivity contribution is 6.35. The van der Waals surface area contributed by atoms with E-state index in [9.17, 15) is 9.18 Å². The molecule has 0 spiro atoms. The third kappa shape index (κ3) is 3.64. The Morgan fingerprint density at radius 3 is 2.74 bits per heavy atom. The molecule has 0 saturated heterocycles. The van der Waals surface area contributed by atoms with E-state index < -0.39 is 11.9 Å². The number of nitrogens with zero attached hydrogens (tertiary/aromatic N) is 4. The first kappa shape index (κ1) is 21.6. The number of benzene rings is 2. The Bertz CT molecular complexity index is 1670. The maximum absolute atomic E-state index is 14.1. The van der Waals surface area contributed by atoms with Crippen LogP contribution in [0.15, 0.2) is 77.9 Å². The van der Waals surface area contributed by atoms with Gasteiger partial charge in [0.15, 0.2) is 0 Å². The van der Waals surface area contributed by atoms with Crippen LogP contribution < -0.4 is 10.9 Å². The fourth-order valence-corrected chi connectivity index (χ4v) is 4.33. The number of fused-ring (bicyclic) bond motifs is 2. The van der Waals surface area contributed by atoms with Crippen LogP contribution in [0.5, 0.6) is 0 Å². The summed E-state index contributed by atoms with van der Waals surface area (Å²) >= 11 is 6.37. The molecule has 0 bridgehead atoms. The molecule has 0 aliphatic rings. The van der Waals surface area contributed by atoms with E-state index in [1.807, 2.05) is 25.1 Å². The molecule has 0 amide bonds. The molecular formula is C26H17ClFN5O. The molecule has 5 rings (SSSR count). The van der Waals surface area contributed by atoms with Crippen molar-refractivity contribution in [1.82, 2.24) is 14.5 Å². The van der Waals surface area contributed by atoms with Crippen LogP contribution >= 0.6 is 11.6 Å². The smallest absolute Gasteiger partial charge is 0.264 e. The number of hydrogen-bond donors (Lipinski definition) is 1. The van der Waals surface area contributed by atoms with Crippen LogP contribution in [0.4, 0.5) is 15.8 Å². The van der Waals surface area contributed by atoms with Crippen molar-refractivity contribution >= 4 is 44.8 Å². The lowest BCUT2D eigenvalue weighted by Gasteiger charge is -2.23. The van der Waals surface area contributed by atoms with Gasteiger partial charge in [-0.05, 0) is 54.8 Å². The molecular weight excluding hydrogens is 453 g/mol. The number of nitrogens with one attached hydrogen (secondary N) is 1. The molecule has 0 saturated carbocycles. The molecule has 2 aromatic carbocycles. The van der Waals surface area contributed by atoms with E-state index in [-0.39, 0.29) is 5.56 Å².